The Balaban J connectivity index is 1.99. The van der Waals surface area contributed by atoms with Gasteiger partial charge in [-0.15, -0.1) is 0 Å². The van der Waals surface area contributed by atoms with Crippen LogP contribution in [0.1, 0.15) is 26.2 Å². The van der Waals surface area contributed by atoms with Crippen molar-refractivity contribution in [3.63, 3.8) is 0 Å². The first-order valence-electron chi connectivity index (χ1n) is 5.36. The summed E-state index contributed by atoms with van der Waals surface area (Å²) in [7, 11) is 0. The van der Waals surface area contributed by atoms with Crippen LogP contribution in [0.25, 0.3) is 0 Å². The number of rotatable bonds is 3. The Kier molecular flexibility index (Phi) is 2.74. The smallest absolute Gasteiger partial charge is 0.0920 e. The molecule has 2 fully saturated rings. The van der Waals surface area contributed by atoms with Crippen LogP contribution in [-0.4, -0.2) is 42.1 Å². The van der Waals surface area contributed by atoms with Gasteiger partial charge >= 0.3 is 0 Å². The fourth-order valence-electron chi connectivity index (χ4n) is 2.80. The Bertz CT molecular complexity index is 215. The largest absolute Gasteiger partial charge is 0.388 e. The zero-order valence-corrected chi connectivity index (χ0v) is 8.70. The lowest BCUT2D eigenvalue weighted by Crippen LogP contribution is -2.51. The summed E-state index contributed by atoms with van der Waals surface area (Å²) >= 11 is 0. The van der Waals surface area contributed by atoms with Gasteiger partial charge in [0, 0.05) is 24.5 Å². The van der Waals surface area contributed by atoms with Gasteiger partial charge < -0.3 is 10.5 Å². The molecule has 0 aromatic rings. The van der Waals surface area contributed by atoms with E-state index in [1.54, 1.807) is 0 Å². The molecule has 0 aliphatic carbocycles. The molecule has 4 nitrogen and oxygen atoms in total. The van der Waals surface area contributed by atoms with Gasteiger partial charge in [-0.3, -0.25) is 10.3 Å². The minimum absolute atomic E-state index is 0.295. The minimum atomic E-state index is 0.295. The van der Waals surface area contributed by atoms with Gasteiger partial charge in [0.1, 0.15) is 0 Å². The molecule has 80 valence electrons. The summed E-state index contributed by atoms with van der Waals surface area (Å²) in [5.41, 5.74) is 5.44. The minimum Gasteiger partial charge on any atom is -0.388 e. The monoisotopic (exact) mass is 197 g/mol. The third kappa shape index (κ3) is 1.77. The molecule has 0 spiro atoms. The molecule has 14 heavy (non-hydrogen) atoms. The van der Waals surface area contributed by atoms with Crippen molar-refractivity contribution >= 4 is 5.84 Å². The summed E-state index contributed by atoms with van der Waals surface area (Å²) < 4.78 is 5.52. The molecule has 2 heterocycles. The van der Waals surface area contributed by atoms with Gasteiger partial charge in [0.25, 0.3) is 0 Å². The van der Waals surface area contributed by atoms with Crippen molar-refractivity contribution in [3.05, 3.63) is 0 Å². The summed E-state index contributed by atoms with van der Waals surface area (Å²) in [6, 6.07) is 1.54. The van der Waals surface area contributed by atoms with Crippen molar-refractivity contribution in [2.45, 2.75) is 44.3 Å². The SMILES string of the molecule is CC(CC(=N)N)N1C2CCC1COC2. The van der Waals surface area contributed by atoms with Crippen LogP contribution in [0.3, 0.4) is 0 Å². The lowest BCUT2D eigenvalue weighted by atomic mass is 10.1. The highest BCUT2D eigenvalue weighted by atomic mass is 16.5. The van der Waals surface area contributed by atoms with Gasteiger partial charge in [-0.2, -0.15) is 0 Å². The van der Waals surface area contributed by atoms with Gasteiger partial charge in [-0.1, -0.05) is 0 Å². The first-order valence-corrected chi connectivity index (χ1v) is 5.36. The Hall–Kier alpha value is -0.610. The molecular weight excluding hydrogens is 178 g/mol. The van der Waals surface area contributed by atoms with E-state index in [0.717, 1.165) is 13.2 Å². The van der Waals surface area contributed by atoms with Crippen LogP contribution in [0, 0.1) is 5.41 Å². The summed E-state index contributed by atoms with van der Waals surface area (Å²) in [6.45, 7) is 3.88. The average Bonchev–Trinajstić information content (AvgIpc) is 2.36. The van der Waals surface area contributed by atoms with E-state index in [-0.39, 0.29) is 0 Å². The zero-order valence-electron chi connectivity index (χ0n) is 8.70. The van der Waals surface area contributed by atoms with E-state index in [4.69, 9.17) is 15.9 Å². The number of nitrogens with two attached hydrogens (primary N) is 1. The van der Waals surface area contributed by atoms with Crippen LogP contribution < -0.4 is 5.73 Å². The molecule has 3 unspecified atom stereocenters. The quantitative estimate of drug-likeness (QED) is 0.513. The van der Waals surface area contributed by atoms with Crippen molar-refractivity contribution in [2.24, 2.45) is 5.73 Å². The molecule has 2 bridgehead atoms. The normalized spacial score (nSPS) is 34.4. The standard InChI is InChI=1S/C10H19N3O/c1-7(4-10(11)12)13-8-2-3-9(13)6-14-5-8/h7-9H,2-6H2,1H3,(H3,11,12). The second-order valence-electron chi connectivity index (χ2n) is 4.45. The Morgan fingerprint density at radius 2 is 2.07 bits per heavy atom. The van der Waals surface area contributed by atoms with E-state index in [2.05, 4.69) is 11.8 Å². The number of fused-ring (bicyclic) bond motifs is 2. The fourth-order valence-corrected chi connectivity index (χ4v) is 2.80. The van der Waals surface area contributed by atoms with Crippen molar-refractivity contribution in [1.29, 1.82) is 5.41 Å². The molecule has 0 amide bonds. The van der Waals surface area contributed by atoms with Gasteiger partial charge in [0.15, 0.2) is 0 Å². The maximum atomic E-state index is 7.32. The summed E-state index contributed by atoms with van der Waals surface area (Å²) in [6.07, 6.45) is 3.17. The maximum Gasteiger partial charge on any atom is 0.0920 e. The topological polar surface area (TPSA) is 62.3 Å². The number of nitrogens with zero attached hydrogens (tertiary/aromatic N) is 1. The van der Waals surface area contributed by atoms with Gasteiger partial charge in [0.05, 0.1) is 19.0 Å². The number of morpholine rings is 1. The molecule has 2 rings (SSSR count). The van der Waals surface area contributed by atoms with Crippen molar-refractivity contribution in [2.75, 3.05) is 13.2 Å². The highest BCUT2D eigenvalue weighted by Crippen LogP contribution is 2.31. The lowest BCUT2D eigenvalue weighted by molar-refractivity contribution is -0.0314. The predicted octanol–water partition coefficient (Wildman–Crippen LogP) is 0.564. The van der Waals surface area contributed by atoms with Crippen LogP contribution >= 0.6 is 0 Å². The maximum absolute atomic E-state index is 7.32. The van der Waals surface area contributed by atoms with Crippen LogP contribution in [-0.2, 0) is 4.74 Å². The Morgan fingerprint density at radius 3 is 2.57 bits per heavy atom. The van der Waals surface area contributed by atoms with Crippen molar-refractivity contribution in [3.8, 4) is 0 Å². The van der Waals surface area contributed by atoms with E-state index < -0.39 is 0 Å². The van der Waals surface area contributed by atoms with Crippen LogP contribution in [0.5, 0.6) is 0 Å². The summed E-state index contributed by atoms with van der Waals surface area (Å²) in [4.78, 5) is 2.50. The number of nitrogens with one attached hydrogen (secondary N) is 1. The molecule has 4 heteroatoms. The van der Waals surface area contributed by atoms with E-state index in [1.165, 1.54) is 12.8 Å². The molecule has 3 N–H and O–H groups in total. The van der Waals surface area contributed by atoms with Crippen LogP contribution in [0.15, 0.2) is 0 Å². The Morgan fingerprint density at radius 1 is 1.50 bits per heavy atom. The van der Waals surface area contributed by atoms with Crippen LogP contribution in [0.2, 0.25) is 0 Å². The molecule has 0 saturated carbocycles. The second kappa shape index (κ2) is 3.87. The molecule has 0 radical (unpaired) electrons. The van der Waals surface area contributed by atoms with E-state index in [0.29, 0.717) is 30.4 Å². The highest BCUT2D eigenvalue weighted by Gasteiger charge is 2.39. The number of ether oxygens (including phenoxy) is 1. The first-order chi connectivity index (χ1) is 6.68. The number of hydrogen-bond acceptors (Lipinski definition) is 3. The molecule has 2 aliphatic rings. The van der Waals surface area contributed by atoms with Gasteiger partial charge in [0.2, 0.25) is 0 Å². The highest BCUT2D eigenvalue weighted by molar-refractivity contribution is 5.77. The van der Waals surface area contributed by atoms with E-state index >= 15 is 0 Å². The van der Waals surface area contributed by atoms with Gasteiger partial charge in [-0.25, -0.2) is 0 Å². The third-order valence-corrected chi connectivity index (χ3v) is 3.32. The van der Waals surface area contributed by atoms with E-state index in [1.807, 2.05) is 0 Å². The number of hydrogen-bond donors (Lipinski definition) is 2. The lowest BCUT2D eigenvalue weighted by Gasteiger charge is -2.38. The van der Waals surface area contributed by atoms with Crippen molar-refractivity contribution < 1.29 is 4.74 Å². The average molecular weight is 197 g/mol. The fraction of sp³-hybridized carbons (Fsp3) is 0.900. The van der Waals surface area contributed by atoms with Gasteiger partial charge in [-0.05, 0) is 19.8 Å². The molecule has 0 aromatic heterocycles. The molecule has 0 aromatic carbocycles. The zero-order chi connectivity index (χ0) is 10.1. The molecule has 3 atom stereocenters. The third-order valence-electron chi connectivity index (χ3n) is 3.32. The number of amidine groups is 1. The van der Waals surface area contributed by atoms with Crippen molar-refractivity contribution in [1.82, 2.24) is 4.90 Å². The predicted molar refractivity (Wildman–Crippen MR) is 55.5 cm³/mol. The molecular formula is C10H19N3O. The summed E-state index contributed by atoms with van der Waals surface area (Å²) in [5.74, 6) is 0.295. The summed E-state index contributed by atoms with van der Waals surface area (Å²) in [5, 5.41) is 7.32. The molecule has 2 aliphatic heterocycles. The van der Waals surface area contributed by atoms with E-state index in [9.17, 15) is 0 Å². The molecule has 2 saturated heterocycles. The Labute approximate surface area is 84.9 Å². The van der Waals surface area contributed by atoms with Crippen LogP contribution in [0.4, 0.5) is 0 Å². The second-order valence-corrected chi connectivity index (χ2v) is 4.45. The first kappa shape index (κ1) is 9.93.